The SMILES string of the molecule is Cc1ccc(-c2nc(C)c(-c3cc(C(=O)NCc4cccc(Br)c4)n[nH]3)s2)cc1. The molecule has 4 aromatic rings. The Balaban J connectivity index is 1.50. The van der Waals surface area contributed by atoms with Gasteiger partial charge in [0.25, 0.3) is 5.91 Å². The van der Waals surface area contributed by atoms with Crippen molar-refractivity contribution in [2.75, 3.05) is 0 Å². The number of H-pyrrole nitrogens is 1. The number of aryl methyl sites for hydroxylation is 2. The van der Waals surface area contributed by atoms with E-state index in [2.05, 4.69) is 62.6 Å². The Morgan fingerprint density at radius 2 is 1.93 bits per heavy atom. The summed E-state index contributed by atoms with van der Waals surface area (Å²) in [6.45, 7) is 4.48. The van der Waals surface area contributed by atoms with Gasteiger partial charge in [0, 0.05) is 16.6 Å². The van der Waals surface area contributed by atoms with Gasteiger partial charge in [-0.15, -0.1) is 11.3 Å². The summed E-state index contributed by atoms with van der Waals surface area (Å²) in [5.41, 5.74) is 5.39. The number of hydrogen-bond acceptors (Lipinski definition) is 4. The third kappa shape index (κ3) is 4.46. The summed E-state index contributed by atoms with van der Waals surface area (Å²) < 4.78 is 0.983. The number of aromatic nitrogens is 3. The van der Waals surface area contributed by atoms with Crippen LogP contribution in [0.1, 0.15) is 27.3 Å². The molecule has 29 heavy (non-hydrogen) atoms. The van der Waals surface area contributed by atoms with Crippen molar-refractivity contribution in [3.63, 3.8) is 0 Å². The number of hydrogen-bond donors (Lipinski definition) is 2. The maximum Gasteiger partial charge on any atom is 0.272 e. The van der Waals surface area contributed by atoms with E-state index in [0.717, 1.165) is 36.9 Å². The van der Waals surface area contributed by atoms with Crippen LogP contribution in [-0.2, 0) is 6.54 Å². The molecule has 2 N–H and O–H groups in total. The summed E-state index contributed by atoms with van der Waals surface area (Å²) in [5.74, 6) is -0.214. The van der Waals surface area contributed by atoms with Crippen molar-refractivity contribution < 1.29 is 4.79 Å². The molecule has 0 atom stereocenters. The van der Waals surface area contributed by atoms with Gasteiger partial charge in [0.2, 0.25) is 0 Å². The summed E-state index contributed by atoms with van der Waals surface area (Å²) in [6, 6.07) is 17.9. The number of rotatable bonds is 5. The van der Waals surface area contributed by atoms with Crippen LogP contribution >= 0.6 is 27.3 Å². The van der Waals surface area contributed by atoms with Crippen molar-refractivity contribution >= 4 is 33.2 Å². The lowest BCUT2D eigenvalue weighted by atomic mass is 10.2. The van der Waals surface area contributed by atoms with Crippen molar-refractivity contribution in [2.24, 2.45) is 0 Å². The van der Waals surface area contributed by atoms with Crippen LogP contribution in [0.25, 0.3) is 21.1 Å². The number of amides is 1. The smallest absolute Gasteiger partial charge is 0.272 e. The number of nitrogens with one attached hydrogen (secondary N) is 2. The van der Waals surface area contributed by atoms with Gasteiger partial charge in [0.1, 0.15) is 5.01 Å². The molecule has 0 aliphatic heterocycles. The van der Waals surface area contributed by atoms with E-state index >= 15 is 0 Å². The topological polar surface area (TPSA) is 70.7 Å². The first-order chi connectivity index (χ1) is 14.0. The second-order valence-corrected chi connectivity index (χ2v) is 8.69. The summed E-state index contributed by atoms with van der Waals surface area (Å²) >= 11 is 5.03. The molecule has 0 aliphatic carbocycles. The first-order valence-corrected chi connectivity index (χ1v) is 10.7. The largest absolute Gasteiger partial charge is 0.347 e. The Kier molecular flexibility index (Phi) is 5.60. The zero-order valence-electron chi connectivity index (χ0n) is 16.0. The van der Waals surface area contributed by atoms with Crippen LogP contribution < -0.4 is 5.32 Å². The Hall–Kier alpha value is -2.77. The van der Waals surface area contributed by atoms with Gasteiger partial charge in [0.15, 0.2) is 5.69 Å². The van der Waals surface area contributed by atoms with Gasteiger partial charge in [0.05, 0.1) is 16.3 Å². The van der Waals surface area contributed by atoms with Crippen molar-refractivity contribution in [3.05, 3.63) is 81.6 Å². The highest BCUT2D eigenvalue weighted by atomic mass is 79.9. The molecule has 0 unspecified atom stereocenters. The van der Waals surface area contributed by atoms with Crippen LogP contribution in [0.4, 0.5) is 0 Å². The molecule has 1 amide bonds. The van der Waals surface area contributed by atoms with Crippen molar-refractivity contribution in [3.8, 4) is 21.1 Å². The molecule has 5 nitrogen and oxygen atoms in total. The van der Waals surface area contributed by atoms with Gasteiger partial charge < -0.3 is 5.32 Å². The molecule has 2 aromatic heterocycles. The number of thiazole rings is 1. The molecule has 0 fully saturated rings. The van der Waals surface area contributed by atoms with Gasteiger partial charge in [-0.2, -0.15) is 5.10 Å². The van der Waals surface area contributed by atoms with Crippen LogP contribution in [0.3, 0.4) is 0 Å². The van der Waals surface area contributed by atoms with Crippen molar-refractivity contribution in [1.29, 1.82) is 0 Å². The Bertz CT molecular complexity index is 1160. The minimum absolute atomic E-state index is 0.214. The molecule has 0 aliphatic rings. The summed E-state index contributed by atoms with van der Waals surface area (Å²) in [7, 11) is 0. The number of aromatic amines is 1. The third-order valence-corrected chi connectivity index (χ3v) is 6.23. The highest BCUT2D eigenvalue weighted by molar-refractivity contribution is 9.10. The molecule has 0 spiro atoms. The first-order valence-electron chi connectivity index (χ1n) is 9.12. The number of carbonyl (C=O) groups excluding carboxylic acids is 1. The van der Waals surface area contributed by atoms with Crippen LogP contribution in [0.2, 0.25) is 0 Å². The molecule has 146 valence electrons. The minimum atomic E-state index is -0.214. The summed E-state index contributed by atoms with van der Waals surface area (Å²) in [4.78, 5) is 18.1. The van der Waals surface area contributed by atoms with Crippen LogP contribution in [-0.4, -0.2) is 21.1 Å². The lowest BCUT2D eigenvalue weighted by Crippen LogP contribution is -2.23. The van der Waals surface area contributed by atoms with E-state index in [4.69, 9.17) is 4.98 Å². The van der Waals surface area contributed by atoms with Crippen LogP contribution in [0, 0.1) is 13.8 Å². The highest BCUT2D eigenvalue weighted by Gasteiger charge is 2.16. The van der Waals surface area contributed by atoms with Gasteiger partial charge in [-0.3, -0.25) is 9.89 Å². The fourth-order valence-electron chi connectivity index (χ4n) is 2.94. The molecule has 2 aromatic carbocycles. The van der Waals surface area contributed by atoms with E-state index in [1.807, 2.05) is 31.2 Å². The van der Waals surface area contributed by atoms with E-state index in [1.165, 1.54) is 5.56 Å². The maximum absolute atomic E-state index is 12.5. The fourth-order valence-corrected chi connectivity index (χ4v) is 4.42. The van der Waals surface area contributed by atoms with E-state index in [9.17, 15) is 4.79 Å². The molecular formula is C22H19BrN4OS. The molecule has 4 rings (SSSR count). The number of halogens is 1. The first kappa shape index (κ1) is 19.5. The number of carbonyl (C=O) groups is 1. The average molecular weight is 467 g/mol. The van der Waals surface area contributed by atoms with Gasteiger partial charge in [-0.05, 0) is 37.6 Å². The summed E-state index contributed by atoms with van der Waals surface area (Å²) in [6.07, 6.45) is 0. The van der Waals surface area contributed by atoms with E-state index in [-0.39, 0.29) is 5.91 Å². The average Bonchev–Trinajstić information content (AvgIpc) is 3.33. The molecule has 0 saturated carbocycles. The van der Waals surface area contributed by atoms with Gasteiger partial charge in [-0.25, -0.2) is 4.98 Å². The molecular weight excluding hydrogens is 448 g/mol. The Labute approximate surface area is 181 Å². The Morgan fingerprint density at radius 3 is 2.69 bits per heavy atom. The lowest BCUT2D eigenvalue weighted by molar-refractivity contribution is 0.0946. The zero-order valence-corrected chi connectivity index (χ0v) is 18.4. The quantitative estimate of drug-likeness (QED) is 0.407. The zero-order chi connectivity index (χ0) is 20.4. The third-order valence-electron chi connectivity index (χ3n) is 4.49. The normalized spacial score (nSPS) is 10.9. The maximum atomic E-state index is 12.5. The Morgan fingerprint density at radius 1 is 1.14 bits per heavy atom. The van der Waals surface area contributed by atoms with Crippen LogP contribution in [0.15, 0.2) is 59.1 Å². The fraction of sp³-hybridized carbons (Fsp3) is 0.136. The van der Waals surface area contributed by atoms with Gasteiger partial charge in [-0.1, -0.05) is 57.9 Å². The standard InChI is InChI=1S/C22H19BrN4OS/c1-13-6-8-16(9-7-13)22-25-14(2)20(29-22)18-11-19(27-26-18)21(28)24-12-15-4-3-5-17(23)10-15/h3-11H,12H2,1-2H3,(H,24,28)(H,26,27). The van der Waals surface area contributed by atoms with Gasteiger partial charge >= 0.3 is 0 Å². The second kappa shape index (κ2) is 8.31. The molecule has 2 heterocycles. The second-order valence-electron chi connectivity index (χ2n) is 6.78. The lowest BCUT2D eigenvalue weighted by Gasteiger charge is -2.03. The van der Waals surface area contributed by atoms with Crippen LogP contribution in [0.5, 0.6) is 0 Å². The molecule has 7 heteroatoms. The predicted octanol–water partition coefficient (Wildman–Crippen LogP) is 5.51. The van der Waals surface area contributed by atoms with E-state index < -0.39 is 0 Å². The van der Waals surface area contributed by atoms with E-state index in [0.29, 0.717) is 12.2 Å². The minimum Gasteiger partial charge on any atom is -0.347 e. The molecule has 0 bridgehead atoms. The van der Waals surface area contributed by atoms with Crippen molar-refractivity contribution in [2.45, 2.75) is 20.4 Å². The summed E-state index contributed by atoms with van der Waals surface area (Å²) in [5, 5.41) is 11.0. The number of nitrogens with zero attached hydrogens (tertiary/aromatic N) is 2. The number of benzene rings is 2. The molecule has 0 radical (unpaired) electrons. The molecule has 0 saturated heterocycles. The predicted molar refractivity (Wildman–Crippen MR) is 120 cm³/mol. The highest BCUT2D eigenvalue weighted by Crippen LogP contribution is 2.34. The van der Waals surface area contributed by atoms with E-state index in [1.54, 1.807) is 17.4 Å². The monoisotopic (exact) mass is 466 g/mol. The van der Waals surface area contributed by atoms with Crippen molar-refractivity contribution in [1.82, 2.24) is 20.5 Å².